The van der Waals surface area contributed by atoms with Crippen molar-refractivity contribution in [3.05, 3.63) is 45.8 Å². The van der Waals surface area contributed by atoms with Gasteiger partial charge in [0.15, 0.2) is 5.69 Å². The van der Waals surface area contributed by atoms with Crippen LogP contribution in [0.1, 0.15) is 13.8 Å². The van der Waals surface area contributed by atoms with Crippen LogP contribution in [0, 0.1) is 10.1 Å². The summed E-state index contributed by atoms with van der Waals surface area (Å²) < 4.78 is 4.69. The molecule has 0 radical (unpaired) electrons. The topological polar surface area (TPSA) is 114 Å². The second-order valence-corrected chi connectivity index (χ2v) is 3.60. The van der Waals surface area contributed by atoms with E-state index in [2.05, 4.69) is 15.0 Å². The van der Waals surface area contributed by atoms with E-state index in [1.165, 1.54) is 25.1 Å². The van der Waals surface area contributed by atoms with Crippen LogP contribution in [0.25, 0.3) is 0 Å². The standard InChI is InChI=1S/C12H13N3O5/c1-3-20-12(17)11(8(2)16)14-13-9-6-4-5-7-10(9)15(18)19/h4-7,16H,3H2,1-2H3. The molecule has 0 unspecified atom stereocenters. The lowest BCUT2D eigenvalue weighted by molar-refractivity contribution is -0.384. The Kier molecular flexibility index (Phi) is 5.33. The van der Waals surface area contributed by atoms with Gasteiger partial charge in [-0.1, -0.05) is 12.1 Å². The molecule has 0 aromatic heterocycles. The molecule has 1 N–H and O–H groups in total. The summed E-state index contributed by atoms with van der Waals surface area (Å²) in [6.07, 6.45) is 0. The van der Waals surface area contributed by atoms with Crippen LogP contribution in [-0.2, 0) is 9.53 Å². The van der Waals surface area contributed by atoms with E-state index in [1.807, 2.05) is 0 Å². The number of aliphatic hydroxyl groups is 1. The van der Waals surface area contributed by atoms with Crippen molar-refractivity contribution in [2.24, 2.45) is 10.2 Å². The molecule has 8 nitrogen and oxygen atoms in total. The molecule has 0 saturated carbocycles. The Morgan fingerprint density at radius 1 is 1.45 bits per heavy atom. The Morgan fingerprint density at radius 3 is 2.65 bits per heavy atom. The molecule has 0 atom stereocenters. The number of benzene rings is 1. The van der Waals surface area contributed by atoms with Gasteiger partial charge in [-0.2, -0.15) is 0 Å². The average Bonchev–Trinajstić information content (AvgIpc) is 2.39. The van der Waals surface area contributed by atoms with Crippen molar-refractivity contribution >= 4 is 17.3 Å². The first kappa shape index (κ1) is 15.3. The molecule has 0 aliphatic rings. The van der Waals surface area contributed by atoms with Crippen LogP contribution >= 0.6 is 0 Å². The first-order valence-corrected chi connectivity index (χ1v) is 5.69. The smallest absolute Gasteiger partial charge is 0.362 e. The monoisotopic (exact) mass is 279 g/mol. The van der Waals surface area contributed by atoms with Crippen molar-refractivity contribution in [2.45, 2.75) is 13.8 Å². The van der Waals surface area contributed by atoms with Crippen LogP contribution in [0.2, 0.25) is 0 Å². The van der Waals surface area contributed by atoms with Gasteiger partial charge >= 0.3 is 5.97 Å². The van der Waals surface area contributed by atoms with E-state index >= 15 is 0 Å². The minimum Gasteiger partial charge on any atom is -0.510 e. The summed E-state index contributed by atoms with van der Waals surface area (Å²) in [6, 6.07) is 5.66. The van der Waals surface area contributed by atoms with Crippen LogP contribution < -0.4 is 0 Å². The third kappa shape index (κ3) is 3.87. The number of rotatable bonds is 5. The number of allylic oxidation sites excluding steroid dienone is 1. The van der Waals surface area contributed by atoms with Crippen molar-refractivity contribution < 1.29 is 19.6 Å². The number of hydrogen-bond donors (Lipinski definition) is 1. The third-order valence-electron chi connectivity index (χ3n) is 2.15. The highest BCUT2D eigenvalue weighted by Crippen LogP contribution is 2.27. The van der Waals surface area contributed by atoms with Crippen molar-refractivity contribution in [1.29, 1.82) is 0 Å². The molecule has 0 saturated heterocycles. The molecule has 106 valence electrons. The number of para-hydroxylation sites is 1. The number of nitro benzene ring substituents is 1. The fourth-order valence-corrected chi connectivity index (χ4v) is 1.27. The second kappa shape index (κ2) is 6.98. The first-order valence-electron chi connectivity index (χ1n) is 5.69. The summed E-state index contributed by atoms with van der Waals surface area (Å²) in [6.45, 7) is 2.95. The van der Waals surface area contributed by atoms with Crippen LogP contribution in [0.5, 0.6) is 0 Å². The maximum absolute atomic E-state index is 11.5. The van der Waals surface area contributed by atoms with E-state index in [1.54, 1.807) is 13.0 Å². The first-order chi connectivity index (χ1) is 9.47. The van der Waals surface area contributed by atoms with Gasteiger partial charge in [0.1, 0.15) is 5.76 Å². The summed E-state index contributed by atoms with van der Waals surface area (Å²) in [7, 11) is 0. The molecular weight excluding hydrogens is 266 g/mol. The predicted octanol–water partition coefficient (Wildman–Crippen LogP) is 3.03. The summed E-state index contributed by atoms with van der Waals surface area (Å²) in [5.41, 5.74) is -0.680. The highest BCUT2D eigenvalue weighted by atomic mass is 16.6. The highest BCUT2D eigenvalue weighted by Gasteiger charge is 2.16. The van der Waals surface area contributed by atoms with E-state index in [0.717, 1.165) is 0 Å². The Morgan fingerprint density at radius 2 is 2.10 bits per heavy atom. The fraction of sp³-hybridized carbons (Fsp3) is 0.250. The number of carbonyl (C=O) groups excluding carboxylic acids is 1. The van der Waals surface area contributed by atoms with E-state index in [-0.39, 0.29) is 23.7 Å². The molecular formula is C12H13N3O5. The van der Waals surface area contributed by atoms with Crippen LogP contribution in [0.15, 0.2) is 46.0 Å². The number of aliphatic hydroxyl groups excluding tert-OH is 1. The Bertz CT molecular complexity index is 576. The molecule has 0 heterocycles. The normalized spacial score (nSPS) is 12.1. The molecule has 20 heavy (non-hydrogen) atoms. The summed E-state index contributed by atoms with van der Waals surface area (Å²) in [5.74, 6) is -1.24. The molecule has 0 amide bonds. The molecule has 1 rings (SSSR count). The lowest BCUT2D eigenvalue weighted by atomic mass is 10.3. The van der Waals surface area contributed by atoms with Gasteiger partial charge in [-0.05, 0) is 19.9 Å². The Labute approximate surface area is 114 Å². The van der Waals surface area contributed by atoms with E-state index in [9.17, 15) is 20.0 Å². The van der Waals surface area contributed by atoms with Crippen molar-refractivity contribution in [3.8, 4) is 0 Å². The predicted molar refractivity (Wildman–Crippen MR) is 69.6 cm³/mol. The highest BCUT2D eigenvalue weighted by molar-refractivity contribution is 5.88. The van der Waals surface area contributed by atoms with E-state index in [0.29, 0.717) is 0 Å². The van der Waals surface area contributed by atoms with Crippen molar-refractivity contribution in [1.82, 2.24) is 0 Å². The minimum atomic E-state index is -0.852. The molecule has 1 aromatic carbocycles. The number of nitro groups is 1. The largest absolute Gasteiger partial charge is 0.510 e. The maximum Gasteiger partial charge on any atom is 0.362 e. The van der Waals surface area contributed by atoms with Gasteiger partial charge in [-0.25, -0.2) is 4.79 Å². The van der Waals surface area contributed by atoms with Crippen molar-refractivity contribution in [2.75, 3.05) is 6.61 Å². The zero-order valence-electron chi connectivity index (χ0n) is 10.9. The van der Waals surface area contributed by atoms with Gasteiger partial charge in [0.25, 0.3) is 5.69 Å². The average molecular weight is 279 g/mol. The minimum absolute atomic E-state index is 0.0273. The van der Waals surface area contributed by atoms with Gasteiger partial charge in [-0.15, -0.1) is 10.2 Å². The number of nitrogens with zero attached hydrogens (tertiary/aromatic N) is 3. The molecule has 0 fully saturated rings. The van der Waals surface area contributed by atoms with Crippen LogP contribution in [-0.4, -0.2) is 22.6 Å². The molecule has 0 bridgehead atoms. The van der Waals surface area contributed by atoms with Crippen LogP contribution in [0.3, 0.4) is 0 Å². The van der Waals surface area contributed by atoms with Gasteiger partial charge in [-0.3, -0.25) is 10.1 Å². The lowest BCUT2D eigenvalue weighted by Gasteiger charge is -2.02. The Balaban J connectivity index is 3.10. The quantitative estimate of drug-likeness (QED) is 0.222. The van der Waals surface area contributed by atoms with Gasteiger partial charge in [0, 0.05) is 6.07 Å². The number of carbonyl (C=O) groups is 1. The summed E-state index contributed by atoms with van der Waals surface area (Å²) in [5, 5.41) is 27.3. The molecule has 8 heteroatoms. The molecule has 0 aliphatic heterocycles. The van der Waals surface area contributed by atoms with Gasteiger partial charge in [0.05, 0.1) is 11.5 Å². The van der Waals surface area contributed by atoms with Gasteiger partial charge < -0.3 is 9.84 Å². The maximum atomic E-state index is 11.5. The molecule has 0 aliphatic carbocycles. The molecule has 1 aromatic rings. The zero-order valence-corrected chi connectivity index (χ0v) is 10.9. The van der Waals surface area contributed by atoms with Gasteiger partial charge in [0.2, 0.25) is 5.70 Å². The van der Waals surface area contributed by atoms with Crippen LogP contribution in [0.4, 0.5) is 11.4 Å². The van der Waals surface area contributed by atoms with E-state index in [4.69, 9.17) is 0 Å². The zero-order chi connectivity index (χ0) is 15.1. The third-order valence-corrected chi connectivity index (χ3v) is 2.15. The summed E-state index contributed by atoms with van der Waals surface area (Å²) in [4.78, 5) is 21.7. The number of hydrogen-bond acceptors (Lipinski definition) is 7. The second-order valence-electron chi connectivity index (χ2n) is 3.60. The number of ether oxygens (including phenoxy) is 1. The fourth-order valence-electron chi connectivity index (χ4n) is 1.27. The number of esters is 1. The summed E-state index contributed by atoms with van der Waals surface area (Å²) >= 11 is 0. The number of azo groups is 1. The SMILES string of the molecule is CCOC(=O)C(N=Nc1ccccc1[N+](=O)[O-])=C(C)O. The molecule has 0 spiro atoms. The Hall–Kier alpha value is -2.77. The van der Waals surface area contributed by atoms with E-state index < -0.39 is 16.6 Å². The van der Waals surface area contributed by atoms with Crippen molar-refractivity contribution in [3.63, 3.8) is 0 Å². The lowest BCUT2D eigenvalue weighted by Crippen LogP contribution is -2.07.